The van der Waals surface area contributed by atoms with Crippen molar-refractivity contribution in [2.45, 2.75) is 56.0 Å². The van der Waals surface area contributed by atoms with Crippen molar-refractivity contribution >= 4 is 27.8 Å². The standard InChI is InChI=1S/C20H27N3O5S2/c1-5-28-19(25)17(10-13(2)3)23-30(26,27)16-8-6-15(7-9-16)12-29-20-21-14(4)11-18(24)22-20/h6-9,11,13,17,23H,5,10,12H2,1-4H3,(H,21,22,24). The lowest BCUT2D eigenvalue weighted by Gasteiger charge is -2.19. The summed E-state index contributed by atoms with van der Waals surface area (Å²) in [6.07, 6.45) is 0.342. The van der Waals surface area contributed by atoms with Gasteiger partial charge in [-0.15, -0.1) is 0 Å². The van der Waals surface area contributed by atoms with Crippen LogP contribution in [0.3, 0.4) is 0 Å². The number of aromatic nitrogens is 2. The number of aryl methyl sites for hydroxylation is 1. The minimum Gasteiger partial charge on any atom is -0.465 e. The number of H-pyrrole nitrogens is 1. The van der Waals surface area contributed by atoms with Gasteiger partial charge in [-0.05, 0) is 43.9 Å². The minimum absolute atomic E-state index is 0.0661. The maximum atomic E-state index is 12.7. The number of ether oxygens (including phenoxy) is 1. The lowest BCUT2D eigenvalue weighted by atomic mass is 10.1. The first-order valence-corrected chi connectivity index (χ1v) is 12.1. The van der Waals surface area contributed by atoms with Gasteiger partial charge in [0.15, 0.2) is 5.16 Å². The molecule has 1 aromatic carbocycles. The molecule has 0 bridgehead atoms. The van der Waals surface area contributed by atoms with Crippen molar-refractivity contribution in [2.75, 3.05) is 6.61 Å². The molecule has 8 nitrogen and oxygen atoms in total. The molecule has 1 atom stereocenters. The summed E-state index contributed by atoms with van der Waals surface area (Å²) in [4.78, 5) is 30.6. The molecule has 0 fully saturated rings. The summed E-state index contributed by atoms with van der Waals surface area (Å²) in [7, 11) is -3.88. The van der Waals surface area contributed by atoms with Crippen LogP contribution in [-0.4, -0.2) is 37.0 Å². The molecule has 0 aliphatic carbocycles. The van der Waals surface area contributed by atoms with E-state index in [4.69, 9.17) is 4.74 Å². The molecule has 0 amide bonds. The van der Waals surface area contributed by atoms with Gasteiger partial charge in [-0.3, -0.25) is 9.59 Å². The summed E-state index contributed by atoms with van der Waals surface area (Å²) < 4.78 is 32.9. The molecule has 1 aromatic heterocycles. The van der Waals surface area contributed by atoms with Crippen LogP contribution in [0, 0.1) is 12.8 Å². The number of hydrogen-bond acceptors (Lipinski definition) is 7. The molecule has 2 rings (SSSR count). The summed E-state index contributed by atoms with van der Waals surface area (Å²) in [6.45, 7) is 7.42. The number of hydrogen-bond donors (Lipinski definition) is 2. The van der Waals surface area contributed by atoms with Gasteiger partial charge in [0.2, 0.25) is 10.0 Å². The maximum absolute atomic E-state index is 12.7. The molecule has 0 radical (unpaired) electrons. The van der Waals surface area contributed by atoms with E-state index in [0.717, 1.165) is 5.56 Å². The zero-order chi connectivity index (χ0) is 22.3. The molecular formula is C20H27N3O5S2. The molecule has 0 aliphatic heterocycles. The first kappa shape index (κ1) is 24.1. The van der Waals surface area contributed by atoms with Crippen molar-refractivity contribution in [3.8, 4) is 0 Å². The minimum atomic E-state index is -3.88. The van der Waals surface area contributed by atoms with E-state index in [0.29, 0.717) is 23.0 Å². The third kappa shape index (κ3) is 7.26. The lowest BCUT2D eigenvalue weighted by Crippen LogP contribution is -2.42. The van der Waals surface area contributed by atoms with Gasteiger partial charge in [0.1, 0.15) is 6.04 Å². The van der Waals surface area contributed by atoms with Crippen molar-refractivity contribution in [1.82, 2.24) is 14.7 Å². The Morgan fingerprint density at radius 3 is 2.50 bits per heavy atom. The van der Waals surface area contributed by atoms with Crippen LogP contribution in [-0.2, 0) is 25.3 Å². The molecule has 164 valence electrons. The predicted molar refractivity (Wildman–Crippen MR) is 116 cm³/mol. The number of nitrogens with one attached hydrogen (secondary N) is 2. The van der Waals surface area contributed by atoms with Gasteiger partial charge < -0.3 is 9.72 Å². The van der Waals surface area contributed by atoms with E-state index < -0.39 is 22.0 Å². The van der Waals surface area contributed by atoms with Gasteiger partial charge in [0.05, 0.1) is 11.5 Å². The maximum Gasteiger partial charge on any atom is 0.324 e. The largest absolute Gasteiger partial charge is 0.465 e. The van der Waals surface area contributed by atoms with Gasteiger partial charge in [0.25, 0.3) is 5.56 Å². The average Bonchev–Trinajstić information content (AvgIpc) is 2.65. The van der Waals surface area contributed by atoms with E-state index in [9.17, 15) is 18.0 Å². The van der Waals surface area contributed by atoms with Crippen LogP contribution in [0.15, 0.2) is 45.2 Å². The van der Waals surface area contributed by atoms with Crippen LogP contribution in [0.25, 0.3) is 0 Å². The number of aromatic amines is 1. The summed E-state index contributed by atoms with van der Waals surface area (Å²) in [5.41, 5.74) is 1.29. The number of nitrogens with zero attached hydrogens (tertiary/aromatic N) is 1. The van der Waals surface area contributed by atoms with E-state index in [2.05, 4.69) is 14.7 Å². The molecule has 1 heterocycles. The van der Waals surface area contributed by atoms with E-state index in [1.807, 2.05) is 13.8 Å². The Morgan fingerprint density at radius 2 is 1.93 bits per heavy atom. The number of esters is 1. The first-order chi connectivity index (χ1) is 14.1. The number of benzene rings is 1. The topological polar surface area (TPSA) is 118 Å². The molecule has 30 heavy (non-hydrogen) atoms. The predicted octanol–water partition coefficient (Wildman–Crippen LogP) is 2.63. The van der Waals surface area contributed by atoms with E-state index in [1.165, 1.54) is 30.0 Å². The van der Waals surface area contributed by atoms with Crippen molar-refractivity contribution in [3.05, 3.63) is 51.9 Å². The van der Waals surface area contributed by atoms with E-state index in [-0.39, 0.29) is 23.0 Å². The average molecular weight is 454 g/mol. The SMILES string of the molecule is CCOC(=O)C(CC(C)C)NS(=O)(=O)c1ccc(CSc2nc(C)cc(=O)[nH]2)cc1. The summed E-state index contributed by atoms with van der Waals surface area (Å²) in [5.74, 6) is 0.0458. The van der Waals surface area contributed by atoms with E-state index >= 15 is 0 Å². The van der Waals surface area contributed by atoms with Crippen LogP contribution in [0.1, 0.15) is 38.4 Å². The van der Waals surface area contributed by atoms with Gasteiger partial charge >= 0.3 is 5.97 Å². The lowest BCUT2D eigenvalue weighted by molar-refractivity contribution is -0.145. The van der Waals surface area contributed by atoms with Crippen LogP contribution >= 0.6 is 11.8 Å². The van der Waals surface area contributed by atoms with Crippen LogP contribution < -0.4 is 10.3 Å². The van der Waals surface area contributed by atoms with Gasteiger partial charge in [-0.25, -0.2) is 13.4 Å². The smallest absolute Gasteiger partial charge is 0.324 e. The van der Waals surface area contributed by atoms with Gasteiger partial charge in [-0.1, -0.05) is 37.7 Å². The Morgan fingerprint density at radius 1 is 1.27 bits per heavy atom. The second-order valence-electron chi connectivity index (χ2n) is 7.18. The molecule has 0 spiro atoms. The quantitative estimate of drug-likeness (QED) is 0.322. The fraction of sp³-hybridized carbons (Fsp3) is 0.450. The van der Waals surface area contributed by atoms with Gasteiger partial charge in [-0.2, -0.15) is 4.72 Å². The Balaban J connectivity index is 2.08. The summed E-state index contributed by atoms with van der Waals surface area (Å²) >= 11 is 1.35. The Bertz CT molecular complexity index is 1020. The van der Waals surface area contributed by atoms with Crippen molar-refractivity contribution in [2.24, 2.45) is 5.92 Å². The summed E-state index contributed by atoms with van der Waals surface area (Å²) in [5, 5.41) is 0.504. The molecule has 0 aliphatic rings. The summed E-state index contributed by atoms with van der Waals surface area (Å²) in [6, 6.07) is 6.84. The number of thioether (sulfide) groups is 1. The van der Waals surface area contributed by atoms with Crippen molar-refractivity contribution in [3.63, 3.8) is 0 Å². The zero-order valence-electron chi connectivity index (χ0n) is 17.5. The third-order valence-corrected chi connectivity index (χ3v) is 6.46. The molecule has 0 saturated carbocycles. The zero-order valence-corrected chi connectivity index (χ0v) is 19.1. The van der Waals surface area contributed by atoms with Crippen molar-refractivity contribution < 1.29 is 17.9 Å². The molecule has 2 aromatic rings. The Labute approximate surface area is 180 Å². The van der Waals surface area contributed by atoms with Gasteiger partial charge in [0, 0.05) is 17.5 Å². The highest BCUT2D eigenvalue weighted by Crippen LogP contribution is 2.20. The first-order valence-electron chi connectivity index (χ1n) is 9.59. The number of sulfonamides is 1. The molecule has 0 saturated heterocycles. The fourth-order valence-corrected chi connectivity index (χ4v) is 4.77. The number of carbonyl (C=O) groups excluding carboxylic acids is 1. The molecule has 10 heteroatoms. The fourth-order valence-electron chi connectivity index (χ4n) is 2.70. The highest BCUT2D eigenvalue weighted by molar-refractivity contribution is 7.98. The highest BCUT2D eigenvalue weighted by Gasteiger charge is 2.27. The molecular weight excluding hydrogens is 426 g/mol. The van der Waals surface area contributed by atoms with Crippen LogP contribution in [0.4, 0.5) is 0 Å². The molecule has 2 N–H and O–H groups in total. The number of rotatable bonds is 10. The Hall–Kier alpha value is -2.17. The monoisotopic (exact) mass is 453 g/mol. The Kier molecular flexibility index (Phi) is 8.63. The normalized spacial score (nSPS) is 12.7. The molecule has 1 unspecified atom stereocenters. The van der Waals surface area contributed by atoms with Crippen LogP contribution in [0.2, 0.25) is 0 Å². The van der Waals surface area contributed by atoms with Crippen molar-refractivity contribution in [1.29, 1.82) is 0 Å². The second kappa shape index (κ2) is 10.7. The second-order valence-corrected chi connectivity index (χ2v) is 9.86. The highest BCUT2D eigenvalue weighted by atomic mass is 32.2. The van der Waals surface area contributed by atoms with Crippen LogP contribution in [0.5, 0.6) is 0 Å². The third-order valence-electron chi connectivity index (χ3n) is 4.03. The van der Waals surface area contributed by atoms with E-state index in [1.54, 1.807) is 26.0 Å². The number of carbonyl (C=O) groups is 1.